The smallest absolute Gasteiger partial charge is 0.230 e. The van der Waals surface area contributed by atoms with Crippen molar-refractivity contribution in [2.24, 2.45) is 11.7 Å². The first-order valence-corrected chi connectivity index (χ1v) is 7.65. The van der Waals surface area contributed by atoms with E-state index in [0.717, 1.165) is 24.2 Å². The van der Waals surface area contributed by atoms with E-state index < -0.39 is 0 Å². The average molecular weight is 274 g/mol. The summed E-state index contributed by atoms with van der Waals surface area (Å²) >= 11 is 1.62. The second-order valence-corrected chi connectivity index (χ2v) is 6.12. The number of nitrogens with two attached hydrogens (primary N) is 1. The fraction of sp³-hybridized carbons (Fsp3) is 0.467. The van der Waals surface area contributed by atoms with Gasteiger partial charge >= 0.3 is 0 Å². The summed E-state index contributed by atoms with van der Waals surface area (Å²) in [6.45, 7) is 0. The average Bonchev–Trinajstić information content (AvgIpc) is 2.93. The van der Waals surface area contributed by atoms with Gasteiger partial charge in [-0.2, -0.15) is 5.26 Å². The summed E-state index contributed by atoms with van der Waals surface area (Å²) in [5, 5.41) is 8.78. The van der Waals surface area contributed by atoms with Gasteiger partial charge in [-0.1, -0.05) is 25.0 Å². The molecular weight excluding hydrogens is 256 g/mol. The summed E-state index contributed by atoms with van der Waals surface area (Å²) in [5.41, 5.74) is 7.26. The molecule has 19 heavy (non-hydrogen) atoms. The van der Waals surface area contributed by atoms with Gasteiger partial charge in [-0.05, 0) is 36.5 Å². The number of hydrogen-bond donors (Lipinski definition) is 1. The van der Waals surface area contributed by atoms with E-state index in [9.17, 15) is 4.79 Å². The molecule has 0 saturated heterocycles. The molecule has 1 atom stereocenters. The summed E-state index contributed by atoms with van der Waals surface area (Å²) in [5.74, 6) is 0.967. The zero-order chi connectivity index (χ0) is 13.7. The number of carbonyl (C=O) groups is 1. The summed E-state index contributed by atoms with van der Waals surface area (Å²) in [6.07, 6.45) is 4.63. The Bertz CT molecular complexity index is 489. The van der Waals surface area contributed by atoms with Gasteiger partial charge in [0.1, 0.15) is 0 Å². The molecule has 3 nitrogen and oxygen atoms in total. The number of thioether (sulfide) groups is 1. The first kappa shape index (κ1) is 14.0. The number of nitriles is 1. The first-order chi connectivity index (χ1) is 9.20. The second kappa shape index (κ2) is 6.63. The van der Waals surface area contributed by atoms with Gasteiger partial charge in [0.2, 0.25) is 5.91 Å². The molecule has 4 heteroatoms. The van der Waals surface area contributed by atoms with Gasteiger partial charge < -0.3 is 5.73 Å². The minimum atomic E-state index is -0.201. The van der Waals surface area contributed by atoms with Crippen LogP contribution in [0.15, 0.2) is 24.3 Å². The van der Waals surface area contributed by atoms with Crippen molar-refractivity contribution >= 4 is 17.7 Å². The third-order valence-electron chi connectivity index (χ3n) is 3.59. The van der Waals surface area contributed by atoms with Gasteiger partial charge in [-0.3, -0.25) is 4.79 Å². The lowest BCUT2D eigenvalue weighted by Gasteiger charge is -2.19. The van der Waals surface area contributed by atoms with Gasteiger partial charge in [0.15, 0.2) is 0 Å². The molecule has 0 spiro atoms. The maximum absolute atomic E-state index is 11.6. The highest BCUT2D eigenvalue weighted by molar-refractivity contribution is 7.99. The Balaban J connectivity index is 1.98. The van der Waals surface area contributed by atoms with Crippen molar-refractivity contribution in [2.45, 2.75) is 36.7 Å². The van der Waals surface area contributed by atoms with Crippen molar-refractivity contribution < 1.29 is 4.79 Å². The largest absolute Gasteiger partial charge is 0.369 e. The predicted octanol–water partition coefficient (Wildman–Crippen LogP) is 2.84. The van der Waals surface area contributed by atoms with Crippen LogP contribution in [0.4, 0.5) is 0 Å². The summed E-state index contributed by atoms with van der Waals surface area (Å²) in [7, 11) is 0. The molecule has 1 aromatic carbocycles. The Hall–Kier alpha value is -1.47. The zero-order valence-electron chi connectivity index (χ0n) is 10.8. The molecule has 0 aliphatic heterocycles. The fourth-order valence-corrected chi connectivity index (χ4v) is 3.89. The Labute approximate surface area is 118 Å². The lowest BCUT2D eigenvalue weighted by molar-refractivity contribution is -0.118. The van der Waals surface area contributed by atoms with E-state index in [1.807, 2.05) is 18.2 Å². The van der Waals surface area contributed by atoms with Crippen LogP contribution in [0.1, 0.15) is 36.8 Å². The molecule has 0 bridgehead atoms. The number of hydrogen-bond acceptors (Lipinski definition) is 3. The normalized spacial score (nSPS) is 17.0. The SMILES string of the molecule is N#Cc1cccc(CSC(C(N)=O)C2CCCC2)c1. The van der Waals surface area contributed by atoms with E-state index in [0.29, 0.717) is 11.5 Å². The lowest BCUT2D eigenvalue weighted by Crippen LogP contribution is -2.31. The standard InChI is InChI=1S/C15H18N2OS/c16-9-11-4-3-5-12(8-11)10-19-14(15(17)18)13-6-1-2-7-13/h3-5,8,13-14H,1-2,6-7,10H2,(H2,17,18). The maximum atomic E-state index is 11.6. The fourth-order valence-electron chi connectivity index (χ4n) is 2.63. The minimum Gasteiger partial charge on any atom is -0.369 e. The highest BCUT2D eigenvalue weighted by Crippen LogP contribution is 2.35. The van der Waals surface area contributed by atoms with Crippen LogP contribution in [0.25, 0.3) is 0 Å². The molecule has 1 aliphatic rings. The molecule has 0 aromatic heterocycles. The van der Waals surface area contributed by atoms with Crippen molar-refractivity contribution in [1.82, 2.24) is 0 Å². The van der Waals surface area contributed by atoms with Crippen LogP contribution in [0.5, 0.6) is 0 Å². The number of amides is 1. The van der Waals surface area contributed by atoms with Crippen LogP contribution in [0, 0.1) is 17.2 Å². The molecule has 1 amide bonds. The van der Waals surface area contributed by atoms with Gasteiger partial charge in [0.25, 0.3) is 0 Å². The summed E-state index contributed by atoms with van der Waals surface area (Å²) in [6, 6.07) is 9.66. The molecule has 2 rings (SSSR count). The molecule has 2 N–H and O–H groups in total. The minimum absolute atomic E-state index is 0.0896. The molecule has 0 radical (unpaired) electrons. The van der Waals surface area contributed by atoms with Crippen molar-refractivity contribution in [3.63, 3.8) is 0 Å². The molecule has 0 heterocycles. The molecule has 1 unspecified atom stereocenters. The highest BCUT2D eigenvalue weighted by atomic mass is 32.2. The third-order valence-corrected chi connectivity index (χ3v) is 5.07. The van der Waals surface area contributed by atoms with Crippen LogP contribution >= 0.6 is 11.8 Å². The third kappa shape index (κ3) is 3.74. The van der Waals surface area contributed by atoms with Crippen LogP contribution < -0.4 is 5.73 Å². The number of carbonyl (C=O) groups excluding carboxylic acids is 1. The maximum Gasteiger partial charge on any atom is 0.230 e. The van der Waals surface area contributed by atoms with Crippen molar-refractivity contribution in [3.05, 3.63) is 35.4 Å². The monoisotopic (exact) mass is 274 g/mol. The Morgan fingerprint density at radius 1 is 1.47 bits per heavy atom. The Morgan fingerprint density at radius 3 is 2.84 bits per heavy atom. The van der Waals surface area contributed by atoms with E-state index in [1.165, 1.54) is 12.8 Å². The van der Waals surface area contributed by atoms with Gasteiger partial charge in [-0.15, -0.1) is 11.8 Å². The van der Waals surface area contributed by atoms with Crippen LogP contribution in [0.3, 0.4) is 0 Å². The lowest BCUT2D eigenvalue weighted by atomic mass is 10.0. The summed E-state index contributed by atoms with van der Waals surface area (Å²) < 4.78 is 0. The van der Waals surface area contributed by atoms with Gasteiger partial charge in [-0.25, -0.2) is 0 Å². The van der Waals surface area contributed by atoms with E-state index in [4.69, 9.17) is 11.0 Å². The zero-order valence-corrected chi connectivity index (χ0v) is 11.7. The van der Waals surface area contributed by atoms with Crippen molar-refractivity contribution in [1.29, 1.82) is 5.26 Å². The number of benzene rings is 1. The highest BCUT2D eigenvalue weighted by Gasteiger charge is 2.29. The van der Waals surface area contributed by atoms with Gasteiger partial charge in [0, 0.05) is 5.75 Å². The molecule has 1 saturated carbocycles. The van der Waals surface area contributed by atoms with Crippen molar-refractivity contribution in [2.75, 3.05) is 0 Å². The van der Waals surface area contributed by atoms with Crippen LogP contribution in [-0.2, 0) is 10.5 Å². The molecular formula is C15H18N2OS. The Kier molecular flexibility index (Phi) is 4.86. The number of primary amides is 1. The molecule has 100 valence electrons. The topological polar surface area (TPSA) is 66.9 Å². The second-order valence-electron chi connectivity index (χ2n) is 4.99. The predicted molar refractivity (Wildman–Crippen MR) is 77.4 cm³/mol. The number of rotatable bonds is 5. The van der Waals surface area contributed by atoms with E-state index >= 15 is 0 Å². The van der Waals surface area contributed by atoms with E-state index in [-0.39, 0.29) is 11.2 Å². The van der Waals surface area contributed by atoms with E-state index in [2.05, 4.69) is 6.07 Å². The first-order valence-electron chi connectivity index (χ1n) is 6.60. The van der Waals surface area contributed by atoms with Crippen molar-refractivity contribution in [3.8, 4) is 6.07 Å². The molecule has 1 fully saturated rings. The summed E-state index contributed by atoms with van der Waals surface area (Å²) in [4.78, 5) is 11.6. The van der Waals surface area contributed by atoms with Crippen LogP contribution in [0.2, 0.25) is 0 Å². The molecule has 1 aliphatic carbocycles. The van der Waals surface area contributed by atoms with E-state index in [1.54, 1.807) is 17.8 Å². The molecule has 1 aromatic rings. The van der Waals surface area contributed by atoms with Gasteiger partial charge in [0.05, 0.1) is 16.9 Å². The quantitative estimate of drug-likeness (QED) is 0.897. The number of nitrogens with zero attached hydrogens (tertiary/aromatic N) is 1. The van der Waals surface area contributed by atoms with Crippen LogP contribution in [-0.4, -0.2) is 11.2 Å². The Morgan fingerprint density at radius 2 is 2.21 bits per heavy atom.